The lowest BCUT2D eigenvalue weighted by molar-refractivity contribution is 0.0954. The summed E-state index contributed by atoms with van der Waals surface area (Å²) in [6.45, 7) is 6.49. The van der Waals surface area contributed by atoms with Crippen LogP contribution in [0.5, 0.6) is 11.5 Å². The number of carbonyl (C=O) groups excluding carboxylic acids is 1. The molecular weight excluding hydrogens is 320 g/mol. The molecule has 6 heteroatoms. The molecule has 0 fully saturated rings. The molecular formula is C19H26N2O4. The molecule has 25 heavy (non-hydrogen) atoms. The highest BCUT2D eigenvalue weighted by Crippen LogP contribution is 2.32. The second-order valence-corrected chi connectivity index (χ2v) is 6.21. The maximum absolute atomic E-state index is 12.8. The minimum atomic E-state index is -0.194. The summed E-state index contributed by atoms with van der Waals surface area (Å²) in [4.78, 5) is 25.5. The molecule has 0 aliphatic heterocycles. The van der Waals surface area contributed by atoms with E-state index in [-0.39, 0.29) is 17.5 Å². The van der Waals surface area contributed by atoms with Crippen molar-refractivity contribution < 1.29 is 14.3 Å². The van der Waals surface area contributed by atoms with Crippen molar-refractivity contribution in [1.82, 2.24) is 9.88 Å². The zero-order chi connectivity index (χ0) is 18.6. The molecule has 1 aromatic carbocycles. The van der Waals surface area contributed by atoms with Gasteiger partial charge in [-0.05, 0) is 32.4 Å². The fourth-order valence-corrected chi connectivity index (χ4v) is 2.72. The smallest absolute Gasteiger partial charge is 0.258 e. The maximum Gasteiger partial charge on any atom is 0.258 e. The van der Waals surface area contributed by atoms with Crippen LogP contribution in [0.2, 0.25) is 0 Å². The Morgan fingerprint density at radius 1 is 1.16 bits per heavy atom. The first-order valence-corrected chi connectivity index (χ1v) is 8.53. The van der Waals surface area contributed by atoms with Gasteiger partial charge in [0.15, 0.2) is 11.5 Å². The third kappa shape index (κ3) is 3.78. The van der Waals surface area contributed by atoms with Gasteiger partial charge in [-0.2, -0.15) is 0 Å². The van der Waals surface area contributed by atoms with E-state index in [4.69, 9.17) is 9.47 Å². The molecule has 0 spiro atoms. The number of nitrogens with zero attached hydrogens (tertiary/aromatic N) is 1. The van der Waals surface area contributed by atoms with Crippen molar-refractivity contribution in [3.8, 4) is 11.5 Å². The lowest BCUT2D eigenvalue weighted by atomic mass is 10.0. The van der Waals surface area contributed by atoms with Gasteiger partial charge in [0.1, 0.15) is 0 Å². The van der Waals surface area contributed by atoms with E-state index in [2.05, 4.69) is 12.2 Å². The third-order valence-electron chi connectivity index (χ3n) is 4.16. The number of carbonyl (C=O) groups is 1. The summed E-state index contributed by atoms with van der Waals surface area (Å²) in [6, 6.07) is 3.26. The molecule has 136 valence electrons. The highest BCUT2D eigenvalue weighted by molar-refractivity contribution is 6.07. The average molecular weight is 346 g/mol. The number of ether oxygens (including phenoxy) is 2. The van der Waals surface area contributed by atoms with Crippen molar-refractivity contribution in [2.75, 3.05) is 20.8 Å². The number of nitrogens with one attached hydrogen (secondary N) is 1. The van der Waals surface area contributed by atoms with Gasteiger partial charge in [-0.3, -0.25) is 9.59 Å². The first-order chi connectivity index (χ1) is 11.9. The van der Waals surface area contributed by atoms with E-state index in [0.717, 1.165) is 12.8 Å². The van der Waals surface area contributed by atoms with E-state index in [1.54, 1.807) is 22.9 Å². The summed E-state index contributed by atoms with van der Waals surface area (Å²) >= 11 is 0. The SMILES string of the molecule is CCCCNC(=O)c1cn(C(C)C)c(=O)c2cc(OC)c(OC)cc12. The summed E-state index contributed by atoms with van der Waals surface area (Å²) < 4.78 is 12.2. The van der Waals surface area contributed by atoms with Gasteiger partial charge in [-0.15, -0.1) is 0 Å². The third-order valence-corrected chi connectivity index (χ3v) is 4.16. The van der Waals surface area contributed by atoms with E-state index in [0.29, 0.717) is 34.4 Å². The predicted molar refractivity (Wildman–Crippen MR) is 98.9 cm³/mol. The van der Waals surface area contributed by atoms with E-state index in [1.807, 2.05) is 13.8 Å². The van der Waals surface area contributed by atoms with Crippen LogP contribution in [0.4, 0.5) is 0 Å². The predicted octanol–water partition coefficient (Wildman–Crippen LogP) is 3.13. The molecule has 0 saturated heterocycles. The number of aromatic nitrogens is 1. The lowest BCUT2D eigenvalue weighted by Gasteiger charge is -2.16. The van der Waals surface area contributed by atoms with Gasteiger partial charge in [-0.1, -0.05) is 13.3 Å². The zero-order valence-electron chi connectivity index (χ0n) is 15.5. The van der Waals surface area contributed by atoms with Crippen LogP contribution in [0, 0.1) is 0 Å². The Labute approximate surface area is 147 Å². The fraction of sp³-hybridized carbons (Fsp3) is 0.474. The number of hydrogen-bond acceptors (Lipinski definition) is 4. The van der Waals surface area contributed by atoms with Gasteiger partial charge >= 0.3 is 0 Å². The molecule has 0 aliphatic carbocycles. The lowest BCUT2D eigenvalue weighted by Crippen LogP contribution is -2.29. The summed E-state index contributed by atoms with van der Waals surface area (Å²) in [5.41, 5.74) is 0.302. The fourth-order valence-electron chi connectivity index (χ4n) is 2.72. The van der Waals surface area contributed by atoms with Gasteiger partial charge in [0, 0.05) is 24.2 Å². The molecule has 0 saturated carbocycles. The molecule has 2 aromatic rings. The van der Waals surface area contributed by atoms with Crippen LogP contribution in [-0.2, 0) is 0 Å². The summed E-state index contributed by atoms with van der Waals surface area (Å²) in [5.74, 6) is 0.755. The highest BCUT2D eigenvalue weighted by Gasteiger charge is 2.19. The molecule has 0 aliphatic rings. The van der Waals surface area contributed by atoms with Crippen molar-refractivity contribution in [1.29, 1.82) is 0 Å². The molecule has 0 atom stereocenters. The molecule has 1 aromatic heterocycles. The first-order valence-electron chi connectivity index (χ1n) is 8.53. The van der Waals surface area contributed by atoms with Crippen LogP contribution in [0.15, 0.2) is 23.1 Å². The topological polar surface area (TPSA) is 69.6 Å². The second kappa shape index (κ2) is 8.05. The second-order valence-electron chi connectivity index (χ2n) is 6.21. The molecule has 1 heterocycles. The quantitative estimate of drug-likeness (QED) is 0.782. The standard InChI is InChI=1S/C19H26N2O4/c1-6-7-8-20-18(22)15-11-21(12(2)3)19(23)14-10-17(25-5)16(24-4)9-13(14)15/h9-12H,6-8H2,1-5H3,(H,20,22). The molecule has 2 rings (SSSR count). The molecule has 6 nitrogen and oxygen atoms in total. The van der Waals surface area contributed by atoms with E-state index in [1.165, 1.54) is 14.2 Å². The monoisotopic (exact) mass is 346 g/mol. The average Bonchev–Trinajstić information content (AvgIpc) is 2.60. The summed E-state index contributed by atoms with van der Waals surface area (Å²) in [7, 11) is 3.05. The number of amides is 1. The Bertz CT molecular complexity index is 824. The molecule has 0 unspecified atom stereocenters. The van der Waals surface area contributed by atoms with E-state index < -0.39 is 0 Å². The van der Waals surface area contributed by atoms with Crippen molar-refractivity contribution in [2.24, 2.45) is 0 Å². The van der Waals surface area contributed by atoms with Gasteiger partial charge in [0.05, 0.1) is 25.2 Å². The Hall–Kier alpha value is -2.50. The van der Waals surface area contributed by atoms with Crippen LogP contribution in [0.3, 0.4) is 0 Å². The Balaban J connectivity index is 2.71. The molecule has 0 bridgehead atoms. The summed E-state index contributed by atoms with van der Waals surface area (Å²) in [5, 5.41) is 3.92. The van der Waals surface area contributed by atoms with Crippen molar-refractivity contribution in [2.45, 2.75) is 39.7 Å². The van der Waals surface area contributed by atoms with Gasteiger partial charge in [0.2, 0.25) is 0 Å². The zero-order valence-corrected chi connectivity index (χ0v) is 15.5. The molecule has 0 radical (unpaired) electrons. The number of rotatable bonds is 7. The van der Waals surface area contributed by atoms with Gasteiger partial charge in [0.25, 0.3) is 11.5 Å². The molecule has 1 N–H and O–H groups in total. The number of hydrogen-bond donors (Lipinski definition) is 1. The van der Waals surface area contributed by atoms with E-state index >= 15 is 0 Å². The number of methoxy groups -OCH3 is 2. The van der Waals surface area contributed by atoms with Gasteiger partial charge < -0.3 is 19.4 Å². The number of unbranched alkanes of at least 4 members (excludes halogenated alkanes) is 1. The first kappa shape index (κ1) is 18.8. The van der Waals surface area contributed by atoms with Crippen LogP contribution >= 0.6 is 0 Å². The van der Waals surface area contributed by atoms with Crippen LogP contribution in [-0.4, -0.2) is 31.2 Å². The normalized spacial score (nSPS) is 11.0. The van der Waals surface area contributed by atoms with Crippen LogP contribution < -0.4 is 20.3 Å². The number of pyridine rings is 1. The Morgan fingerprint density at radius 3 is 2.28 bits per heavy atom. The van der Waals surface area contributed by atoms with Crippen LogP contribution in [0.25, 0.3) is 10.8 Å². The number of fused-ring (bicyclic) bond motifs is 1. The minimum Gasteiger partial charge on any atom is -0.493 e. The van der Waals surface area contributed by atoms with Crippen molar-refractivity contribution in [3.05, 3.63) is 34.2 Å². The largest absolute Gasteiger partial charge is 0.493 e. The maximum atomic E-state index is 12.8. The van der Waals surface area contributed by atoms with E-state index in [9.17, 15) is 9.59 Å². The number of benzene rings is 1. The minimum absolute atomic E-state index is 0.0628. The molecule has 1 amide bonds. The Morgan fingerprint density at radius 2 is 1.76 bits per heavy atom. The highest BCUT2D eigenvalue weighted by atomic mass is 16.5. The van der Waals surface area contributed by atoms with Gasteiger partial charge in [-0.25, -0.2) is 0 Å². The van der Waals surface area contributed by atoms with Crippen molar-refractivity contribution >= 4 is 16.7 Å². The van der Waals surface area contributed by atoms with Crippen LogP contribution in [0.1, 0.15) is 50.0 Å². The summed E-state index contributed by atoms with van der Waals surface area (Å²) in [6.07, 6.45) is 3.53. The Kier molecular flexibility index (Phi) is 6.07. The van der Waals surface area contributed by atoms with Crippen molar-refractivity contribution in [3.63, 3.8) is 0 Å².